The van der Waals surface area contributed by atoms with Gasteiger partial charge >= 0.3 is 12.4 Å². The van der Waals surface area contributed by atoms with Gasteiger partial charge < -0.3 is 0 Å². The normalized spacial score (nSPS) is 12.0. The molecule has 3 nitrogen and oxygen atoms in total. The molecule has 35 heavy (non-hydrogen) atoms. The Hall–Kier alpha value is -2.98. The van der Waals surface area contributed by atoms with Gasteiger partial charge in [0.25, 0.3) is 11.8 Å². The largest absolute Gasteiger partial charge is 0.419 e. The molecule has 0 aliphatic rings. The van der Waals surface area contributed by atoms with Crippen molar-refractivity contribution < 1.29 is 44.7 Å². The number of benzene rings is 2. The molecule has 0 saturated carbocycles. The van der Waals surface area contributed by atoms with Crippen molar-refractivity contribution in [3.05, 3.63) is 70.3 Å². The summed E-state index contributed by atoms with van der Waals surface area (Å²) in [6.45, 7) is 1.76. The molecule has 192 valence electrons. The Morgan fingerprint density at radius 1 is 0.686 bits per heavy atom. The van der Waals surface area contributed by atoms with E-state index < -0.39 is 58.1 Å². The number of imide groups is 1. The van der Waals surface area contributed by atoms with Crippen molar-refractivity contribution in [1.82, 2.24) is 4.90 Å². The number of halogens is 8. The molecule has 0 fully saturated rings. The molecule has 0 aromatic heterocycles. The first-order valence-corrected chi connectivity index (χ1v) is 10.9. The molecule has 2 amide bonds. The fourth-order valence-corrected chi connectivity index (χ4v) is 3.41. The lowest BCUT2D eigenvalue weighted by atomic mass is 10.1. The molecule has 0 atom stereocenters. The fourth-order valence-electron chi connectivity index (χ4n) is 3.41. The summed E-state index contributed by atoms with van der Waals surface area (Å²) >= 11 is 0. The number of carbonyl (C=O) groups is 2. The summed E-state index contributed by atoms with van der Waals surface area (Å²) in [7, 11) is 0. The molecule has 0 aliphatic heterocycles. The third-order valence-electron chi connectivity index (χ3n) is 5.27. The zero-order valence-electron chi connectivity index (χ0n) is 18.7. The van der Waals surface area contributed by atoms with Crippen molar-refractivity contribution in [2.75, 3.05) is 6.54 Å². The minimum absolute atomic E-state index is 0.241. The lowest BCUT2D eigenvalue weighted by Gasteiger charge is -2.22. The zero-order valence-corrected chi connectivity index (χ0v) is 18.7. The van der Waals surface area contributed by atoms with Crippen LogP contribution in [0.1, 0.15) is 77.3 Å². The van der Waals surface area contributed by atoms with E-state index in [-0.39, 0.29) is 13.0 Å². The first-order valence-electron chi connectivity index (χ1n) is 10.9. The summed E-state index contributed by atoms with van der Waals surface area (Å²) in [5, 5.41) is 0. The SMILES string of the molecule is CCCCCCCCN(C(=O)c1ccc(C(F)(F)F)c(F)c1)C(=O)c1ccc(C(F)(F)F)c(F)c1. The second-order valence-corrected chi connectivity index (χ2v) is 7.91. The molecule has 0 radical (unpaired) electrons. The molecule has 2 aromatic rings. The van der Waals surface area contributed by atoms with Gasteiger partial charge in [0.2, 0.25) is 0 Å². The first-order chi connectivity index (χ1) is 16.3. The van der Waals surface area contributed by atoms with Crippen LogP contribution in [0.25, 0.3) is 0 Å². The maximum absolute atomic E-state index is 14.0. The molecule has 11 heteroatoms. The molecule has 2 aromatic carbocycles. The second kappa shape index (κ2) is 11.6. The topological polar surface area (TPSA) is 37.4 Å². The van der Waals surface area contributed by atoms with Gasteiger partial charge in [0, 0.05) is 17.7 Å². The number of unbranched alkanes of at least 4 members (excludes halogenated alkanes) is 5. The maximum atomic E-state index is 14.0. The lowest BCUT2D eigenvalue weighted by Crippen LogP contribution is -2.38. The number of rotatable bonds is 9. The van der Waals surface area contributed by atoms with Gasteiger partial charge in [0.15, 0.2) is 0 Å². The highest BCUT2D eigenvalue weighted by Gasteiger charge is 2.36. The van der Waals surface area contributed by atoms with E-state index in [1.165, 1.54) is 0 Å². The van der Waals surface area contributed by atoms with Crippen LogP contribution >= 0.6 is 0 Å². The molecule has 0 bridgehead atoms. The van der Waals surface area contributed by atoms with E-state index in [0.717, 1.165) is 25.7 Å². The summed E-state index contributed by atoms with van der Waals surface area (Å²) in [6, 6.07) is 2.77. The summed E-state index contributed by atoms with van der Waals surface area (Å²) in [5.74, 6) is -5.76. The van der Waals surface area contributed by atoms with Gasteiger partial charge in [-0.3, -0.25) is 14.5 Å². The van der Waals surface area contributed by atoms with Crippen LogP contribution in [0.3, 0.4) is 0 Å². The number of nitrogens with zero attached hydrogens (tertiary/aromatic N) is 1. The number of hydrogen-bond acceptors (Lipinski definition) is 2. The molecule has 0 N–H and O–H groups in total. The van der Waals surface area contributed by atoms with Gasteiger partial charge in [0.1, 0.15) is 11.6 Å². The summed E-state index contributed by atoms with van der Waals surface area (Å²) in [5.41, 5.74) is -4.34. The third kappa shape index (κ3) is 7.50. The van der Waals surface area contributed by atoms with Gasteiger partial charge in [-0.05, 0) is 42.8 Å². The Bertz CT molecular complexity index is 971. The van der Waals surface area contributed by atoms with E-state index in [1.807, 2.05) is 6.92 Å². The van der Waals surface area contributed by atoms with E-state index in [0.29, 0.717) is 47.7 Å². The van der Waals surface area contributed by atoms with Crippen LogP contribution in [-0.4, -0.2) is 23.3 Å². The predicted octanol–water partition coefficient (Wildman–Crippen LogP) is 7.65. The van der Waals surface area contributed by atoms with E-state index >= 15 is 0 Å². The van der Waals surface area contributed by atoms with Crippen molar-refractivity contribution >= 4 is 11.8 Å². The highest BCUT2D eigenvalue weighted by atomic mass is 19.4. The fraction of sp³-hybridized carbons (Fsp3) is 0.417. The van der Waals surface area contributed by atoms with Crippen molar-refractivity contribution in [3.63, 3.8) is 0 Å². The van der Waals surface area contributed by atoms with Crippen molar-refractivity contribution in [2.24, 2.45) is 0 Å². The van der Waals surface area contributed by atoms with Crippen LogP contribution in [0, 0.1) is 11.6 Å². The quantitative estimate of drug-likeness (QED) is 0.198. The molecule has 0 spiro atoms. The molecule has 2 rings (SSSR count). The predicted molar refractivity (Wildman–Crippen MR) is 112 cm³/mol. The van der Waals surface area contributed by atoms with Gasteiger partial charge in [-0.2, -0.15) is 26.3 Å². The summed E-state index contributed by atoms with van der Waals surface area (Å²) < 4.78 is 105. The van der Waals surface area contributed by atoms with Crippen LogP contribution in [0.2, 0.25) is 0 Å². The Morgan fingerprint density at radius 2 is 1.09 bits per heavy atom. The van der Waals surface area contributed by atoms with Crippen molar-refractivity contribution in [3.8, 4) is 0 Å². The Balaban J connectivity index is 2.34. The smallest absolute Gasteiger partial charge is 0.274 e. The minimum Gasteiger partial charge on any atom is -0.274 e. The number of hydrogen-bond donors (Lipinski definition) is 0. The highest BCUT2D eigenvalue weighted by Crippen LogP contribution is 2.33. The maximum Gasteiger partial charge on any atom is 0.419 e. The van der Waals surface area contributed by atoms with Crippen molar-refractivity contribution in [1.29, 1.82) is 0 Å². The molecule has 0 unspecified atom stereocenters. The highest BCUT2D eigenvalue weighted by molar-refractivity contribution is 6.10. The second-order valence-electron chi connectivity index (χ2n) is 7.91. The van der Waals surface area contributed by atoms with Gasteiger partial charge in [-0.1, -0.05) is 39.0 Å². The van der Waals surface area contributed by atoms with Crippen LogP contribution < -0.4 is 0 Å². The average molecular weight is 509 g/mol. The molecular formula is C24H23F8NO2. The van der Waals surface area contributed by atoms with Gasteiger partial charge in [-0.25, -0.2) is 8.78 Å². The summed E-state index contributed by atoms with van der Waals surface area (Å²) in [4.78, 5) is 26.4. The molecular weight excluding hydrogens is 486 g/mol. The van der Waals surface area contributed by atoms with E-state index in [2.05, 4.69) is 0 Å². The third-order valence-corrected chi connectivity index (χ3v) is 5.27. The Labute approximate surface area is 196 Å². The van der Waals surface area contributed by atoms with E-state index in [1.54, 1.807) is 0 Å². The standard InChI is InChI=1S/C24H23F8NO2/c1-2-3-4-5-6-7-12-33(21(34)15-8-10-17(19(25)13-15)23(27,28)29)22(35)16-9-11-18(20(26)14-16)24(30,31)32/h8-11,13-14H,2-7,12H2,1H3. The van der Waals surface area contributed by atoms with Crippen molar-refractivity contribution in [2.45, 2.75) is 57.8 Å². The van der Waals surface area contributed by atoms with Crippen LogP contribution in [0.15, 0.2) is 36.4 Å². The van der Waals surface area contributed by atoms with Gasteiger partial charge in [-0.15, -0.1) is 0 Å². The van der Waals surface area contributed by atoms with Crippen LogP contribution in [-0.2, 0) is 12.4 Å². The number of amides is 2. The lowest BCUT2D eigenvalue weighted by molar-refractivity contribution is -0.140. The number of alkyl halides is 6. The Morgan fingerprint density at radius 3 is 1.46 bits per heavy atom. The Kier molecular flexibility index (Phi) is 9.39. The van der Waals surface area contributed by atoms with E-state index in [9.17, 15) is 44.7 Å². The summed E-state index contributed by atoms with van der Waals surface area (Å²) in [6.07, 6.45) is -5.53. The average Bonchev–Trinajstić information content (AvgIpc) is 2.76. The first kappa shape index (κ1) is 28.3. The van der Waals surface area contributed by atoms with Crippen LogP contribution in [0.5, 0.6) is 0 Å². The number of carbonyl (C=O) groups excluding carboxylic acids is 2. The zero-order chi connectivity index (χ0) is 26.4. The van der Waals surface area contributed by atoms with Gasteiger partial charge in [0.05, 0.1) is 11.1 Å². The molecule has 0 aliphatic carbocycles. The van der Waals surface area contributed by atoms with Crippen LogP contribution in [0.4, 0.5) is 35.1 Å². The molecule has 0 heterocycles. The van der Waals surface area contributed by atoms with E-state index in [4.69, 9.17) is 0 Å². The minimum atomic E-state index is -5.00. The molecule has 0 saturated heterocycles. The monoisotopic (exact) mass is 509 g/mol.